The van der Waals surface area contributed by atoms with E-state index in [4.69, 9.17) is 0 Å². The smallest absolute Gasteiger partial charge is 0.337 e. The third-order valence-electron chi connectivity index (χ3n) is 2.84. The average molecular weight is 247 g/mol. The van der Waals surface area contributed by atoms with Crippen LogP contribution in [0.25, 0.3) is 0 Å². The molecular weight excluding hydrogens is 235 g/mol. The standard InChI is InChI=1S/C10H12F3N3O/c11-10(12,13)9(17)16-3-1-8(6-16)5-15-4-2-14-7-15/h2,4,7-8H,1,3,5-6H2. The monoisotopic (exact) mass is 247 g/mol. The molecule has 1 aliphatic heterocycles. The van der Waals surface area contributed by atoms with Crippen molar-refractivity contribution in [3.8, 4) is 0 Å². The van der Waals surface area contributed by atoms with Gasteiger partial charge in [0.25, 0.3) is 0 Å². The SMILES string of the molecule is O=C(N1CCC(Cn2ccnc2)C1)C(F)(F)F. The fourth-order valence-electron chi connectivity index (χ4n) is 2.04. The van der Waals surface area contributed by atoms with Crippen molar-refractivity contribution < 1.29 is 18.0 Å². The van der Waals surface area contributed by atoms with Crippen LogP contribution < -0.4 is 0 Å². The second kappa shape index (κ2) is 4.38. The van der Waals surface area contributed by atoms with E-state index in [1.54, 1.807) is 18.7 Å². The molecule has 0 aliphatic carbocycles. The Labute approximate surface area is 96.0 Å². The first-order chi connectivity index (χ1) is 7.97. The molecule has 1 saturated heterocycles. The topological polar surface area (TPSA) is 38.1 Å². The van der Waals surface area contributed by atoms with E-state index in [9.17, 15) is 18.0 Å². The van der Waals surface area contributed by atoms with Crippen LogP contribution in [0.3, 0.4) is 0 Å². The number of imidazole rings is 1. The fourth-order valence-corrected chi connectivity index (χ4v) is 2.04. The van der Waals surface area contributed by atoms with Crippen LogP contribution in [0.1, 0.15) is 6.42 Å². The number of aromatic nitrogens is 2. The molecule has 1 aromatic heterocycles. The van der Waals surface area contributed by atoms with Gasteiger partial charge in [-0.1, -0.05) is 0 Å². The maximum Gasteiger partial charge on any atom is 0.471 e. The molecule has 2 rings (SSSR count). The molecule has 94 valence electrons. The average Bonchev–Trinajstić information content (AvgIpc) is 2.87. The highest BCUT2D eigenvalue weighted by Gasteiger charge is 2.44. The van der Waals surface area contributed by atoms with E-state index in [0.717, 1.165) is 4.90 Å². The highest BCUT2D eigenvalue weighted by Crippen LogP contribution is 2.24. The van der Waals surface area contributed by atoms with Crippen molar-refractivity contribution in [3.63, 3.8) is 0 Å². The maximum absolute atomic E-state index is 12.2. The largest absolute Gasteiger partial charge is 0.471 e. The Kier molecular flexibility index (Phi) is 3.08. The van der Waals surface area contributed by atoms with Crippen LogP contribution in [0.4, 0.5) is 13.2 Å². The minimum atomic E-state index is -4.76. The van der Waals surface area contributed by atoms with Gasteiger partial charge in [0.2, 0.25) is 0 Å². The summed E-state index contributed by atoms with van der Waals surface area (Å²) in [6.07, 6.45) is 0.833. The zero-order valence-electron chi connectivity index (χ0n) is 9.02. The van der Waals surface area contributed by atoms with Gasteiger partial charge >= 0.3 is 12.1 Å². The summed E-state index contributed by atoms with van der Waals surface area (Å²) >= 11 is 0. The predicted molar refractivity (Wildman–Crippen MR) is 53.0 cm³/mol. The molecule has 1 amide bonds. The number of halogens is 3. The Morgan fingerprint density at radius 3 is 2.82 bits per heavy atom. The Bertz CT molecular complexity index is 388. The van der Waals surface area contributed by atoms with E-state index < -0.39 is 12.1 Å². The third kappa shape index (κ3) is 2.78. The van der Waals surface area contributed by atoms with Crippen molar-refractivity contribution in [2.45, 2.75) is 19.1 Å². The van der Waals surface area contributed by atoms with Crippen molar-refractivity contribution in [2.24, 2.45) is 5.92 Å². The van der Waals surface area contributed by atoms with E-state index in [-0.39, 0.29) is 19.0 Å². The summed E-state index contributed by atoms with van der Waals surface area (Å²) in [5, 5.41) is 0. The first-order valence-corrected chi connectivity index (χ1v) is 5.28. The molecule has 7 heteroatoms. The van der Waals surface area contributed by atoms with Gasteiger partial charge in [0.05, 0.1) is 6.33 Å². The fraction of sp³-hybridized carbons (Fsp3) is 0.600. The minimum Gasteiger partial charge on any atom is -0.337 e. The van der Waals surface area contributed by atoms with Gasteiger partial charge in [-0.05, 0) is 12.3 Å². The number of nitrogens with zero attached hydrogens (tertiary/aromatic N) is 3. The van der Waals surface area contributed by atoms with Crippen molar-refractivity contribution in [1.82, 2.24) is 14.5 Å². The van der Waals surface area contributed by atoms with Gasteiger partial charge in [-0.15, -0.1) is 0 Å². The zero-order chi connectivity index (χ0) is 12.5. The van der Waals surface area contributed by atoms with Crippen LogP contribution in [0, 0.1) is 5.92 Å². The van der Waals surface area contributed by atoms with E-state index in [2.05, 4.69) is 4.98 Å². The Balaban J connectivity index is 1.90. The lowest BCUT2D eigenvalue weighted by atomic mass is 10.1. The molecule has 0 spiro atoms. The van der Waals surface area contributed by atoms with Crippen molar-refractivity contribution in [1.29, 1.82) is 0 Å². The first-order valence-electron chi connectivity index (χ1n) is 5.28. The maximum atomic E-state index is 12.2. The molecule has 17 heavy (non-hydrogen) atoms. The molecule has 1 atom stereocenters. The quantitative estimate of drug-likeness (QED) is 0.790. The number of carbonyl (C=O) groups is 1. The van der Waals surface area contributed by atoms with Crippen molar-refractivity contribution in [3.05, 3.63) is 18.7 Å². The van der Waals surface area contributed by atoms with Crippen LogP contribution in [0.15, 0.2) is 18.7 Å². The highest BCUT2D eigenvalue weighted by molar-refractivity contribution is 5.82. The second-order valence-corrected chi connectivity index (χ2v) is 4.16. The number of amides is 1. The van der Waals surface area contributed by atoms with Gasteiger partial charge in [-0.2, -0.15) is 13.2 Å². The van der Waals surface area contributed by atoms with Crippen LogP contribution in [0.5, 0.6) is 0 Å². The van der Waals surface area contributed by atoms with Crippen LogP contribution in [-0.4, -0.2) is 39.6 Å². The van der Waals surface area contributed by atoms with E-state index in [1.807, 2.05) is 4.57 Å². The Morgan fingerprint density at radius 1 is 1.47 bits per heavy atom. The zero-order valence-corrected chi connectivity index (χ0v) is 9.02. The molecule has 4 nitrogen and oxygen atoms in total. The molecule has 0 radical (unpaired) electrons. The van der Waals surface area contributed by atoms with Crippen LogP contribution >= 0.6 is 0 Å². The molecular formula is C10H12F3N3O. The lowest BCUT2D eigenvalue weighted by molar-refractivity contribution is -0.184. The molecule has 2 heterocycles. The Hall–Kier alpha value is -1.53. The highest BCUT2D eigenvalue weighted by atomic mass is 19.4. The van der Waals surface area contributed by atoms with Gasteiger partial charge in [-0.3, -0.25) is 4.79 Å². The molecule has 0 saturated carbocycles. The number of hydrogen-bond donors (Lipinski definition) is 0. The molecule has 0 N–H and O–H groups in total. The third-order valence-corrected chi connectivity index (χ3v) is 2.84. The lowest BCUT2D eigenvalue weighted by Gasteiger charge is -2.18. The van der Waals surface area contributed by atoms with Crippen molar-refractivity contribution in [2.75, 3.05) is 13.1 Å². The van der Waals surface area contributed by atoms with Crippen LogP contribution in [-0.2, 0) is 11.3 Å². The summed E-state index contributed by atoms with van der Waals surface area (Å²) in [6, 6.07) is 0. The van der Waals surface area contributed by atoms with Gasteiger partial charge in [-0.25, -0.2) is 4.98 Å². The summed E-state index contributed by atoms with van der Waals surface area (Å²) in [4.78, 5) is 15.7. The summed E-state index contributed by atoms with van der Waals surface area (Å²) in [6.45, 7) is 0.940. The number of likely N-dealkylation sites (tertiary alicyclic amines) is 1. The van der Waals surface area contributed by atoms with Gasteiger partial charge in [0, 0.05) is 32.0 Å². The molecule has 1 aliphatic rings. The van der Waals surface area contributed by atoms with Gasteiger partial charge in [0.15, 0.2) is 0 Å². The predicted octanol–water partition coefficient (Wildman–Crippen LogP) is 1.29. The summed E-state index contributed by atoms with van der Waals surface area (Å²) < 4.78 is 38.4. The molecule has 1 fully saturated rings. The molecule has 1 aromatic rings. The summed E-state index contributed by atoms with van der Waals surface area (Å²) in [5.74, 6) is -1.67. The number of carbonyl (C=O) groups excluding carboxylic acids is 1. The number of hydrogen-bond acceptors (Lipinski definition) is 2. The van der Waals surface area contributed by atoms with Gasteiger partial charge in [0.1, 0.15) is 0 Å². The number of rotatable bonds is 2. The molecule has 0 bridgehead atoms. The molecule has 0 aromatic carbocycles. The second-order valence-electron chi connectivity index (χ2n) is 4.16. The van der Waals surface area contributed by atoms with Crippen LogP contribution in [0.2, 0.25) is 0 Å². The normalized spacial score (nSPS) is 20.9. The van der Waals surface area contributed by atoms with E-state index in [0.29, 0.717) is 13.0 Å². The minimum absolute atomic E-state index is 0.0653. The van der Waals surface area contributed by atoms with Crippen molar-refractivity contribution >= 4 is 5.91 Å². The molecule has 1 unspecified atom stereocenters. The van der Waals surface area contributed by atoms with E-state index >= 15 is 0 Å². The summed E-state index contributed by atoms with van der Waals surface area (Å²) in [7, 11) is 0. The first kappa shape index (κ1) is 11.9. The number of alkyl halides is 3. The Morgan fingerprint density at radius 2 is 2.24 bits per heavy atom. The summed E-state index contributed by atoms with van der Waals surface area (Å²) in [5.41, 5.74) is 0. The van der Waals surface area contributed by atoms with E-state index in [1.165, 1.54) is 0 Å². The lowest BCUT2D eigenvalue weighted by Crippen LogP contribution is -2.39. The van der Waals surface area contributed by atoms with Gasteiger partial charge < -0.3 is 9.47 Å².